The van der Waals surface area contributed by atoms with Crippen molar-refractivity contribution in [3.05, 3.63) is 64.8 Å². The van der Waals surface area contributed by atoms with Crippen LogP contribution in [0.4, 0.5) is 23.1 Å². The first kappa shape index (κ1) is 45.2. The van der Waals surface area contributed by atoms with Crippen LogP contribution in [0.1, 0.15) is 111 Å². The molecule has 5 aliphatic rings. The highest BCUT2D eigenvalue weighted by Crippen LogP contribution is 2.40. The summed E-state index contributed by atoms with van der Waals surface area (Å²) in [4.78, 5) is 70.3. The number of anilines is 4. The van der Waals surface area contributed by atoms with Crippen molar-refractivity contribution in [2.45, 2.75) is 121 Å². The zero-order chi connectivity index (χ0) is 45.5. The van der Waals surface area contributed by atoms with Crippen molar-refractivity contribution < 1.29 is 28.7 Å². The van der Waals surface area contributed by atoms with Gasteiger partial charge in [0.05, 0.1) is 38.2 Å². The second-order valence-electron chi connectivity index (χ2n) is 17.3. The van der Waals surface area contributed by atoms with Crippen LogP contribution in [-0.4, -0.2) is 115 Å². The quantitative estimate of drug-likeness (QED) is 0.0413. The van der Waals surface area contributed by atoms with Crippen LogP contribution in [0.2, 0.25) is 0 Å². The summed E-state index contributed by atoms with van der Waals surface area (Å²) in [5, 5.41) is 13.4. The van der Waals surface area contributed by atoms with Gasteiger partial charge in [-0.15, -0.1) is 0 Å². The van der Waals surface area contributed by atoms with Crippen LogP contribution in [0.25, 0.3) is 0 Å². The number of methoxy groups -OCH3 is 1. The van der Waals surface area contributed by atoms with Gasteiger partial charge in [0, 0.05) is 68.0 Å². The summed E-state index contributed by atoms with van der Waals surface area (Å²) < 4.78 is 11.6. The standard InChI is InChI=1S/C48H59N11O6/c1-4-39-47(63)57(2)41-28-52-48(55-44(41)59(39)34-12-5-6-13-34)53-37-20-15-31(26-42(37)64-3)38(56-49)27-51-33-18-16-32(17-19-33)50-23-25-65-24-8-7-10-30-11-9-14-35-36(30)29-58(46(35)62)40-21-22-43(60)54-45(40)61/h9,11,14-15,20,26-28,32-34,39-40,50H,4-6,8,12-13,16-19,21-25,29,49H2,1-3H3,(H,52,53,55)(H,54,60,61)/t32?,33?,39-,40?/m1/s1. The SMILES string of the molecule is CC[C@@H]1C(=O)N(C)c2cnc(Nc3ccc(C(C=NC4CCC(NCCOCCC#Cc5cccc6c5CN(C5CCC(=O)NC5=O)C6=O)CC4)=NN)cc3OC)nc2N1C1CCCC1. The maximum Gasteiger partial charge on any atom is 0.255 e. The van der Waals surface area contributed by atoms with Gasteiger partial charge >= 0.3 is 0 Å². The van der Waals surface area contributed by atoms with Crippen LogP contribution >= 0.6 is 0 Å². The third-order valence-corrected chi connectivity index (χ3v) is 13.3. The molecule has 0 radical (unpaired) electrons. The Bertz CT molecular complexity index is 2400. The molecule has 65 heavy (non-hydrogen) atoms. The molecule has 3 fully saturated rings. The number of carbonyl (C=O) groups is 4. The van der Waals surface area contributed by atoms with Crippen molar-refractivity contribution in [2.75, 3.05) is 49.0 Å². The fourth-order valence-electron chi connectivity index (χ4n) is 9.73. The minimum absolute atomic E-state index is 0.0769. The Morgan fingerprint density at radius 1 is 1.05 bits per heavy atom. The van der Waals surface area contributed by atoms with E-state index in [0.717, 1.165) is 80.4 Å². The van der Waals surface area contributed by atoms with Crippen molar-refractivity contribution in [1.82, 2.24) is 25.5 Å². The van der Waals surface area contributed by atoms with Gasteiger partial charge < -0.3 is 40.6 Å². The number of aromatic nitrogens is 2. The molecular weight excluding hydrogens is 827 g/mol. The molecule has 2 saturated carbocycles. The zero-order valence-electron chi connectivity index (χ0n) is 37.5. The molecule has 2 aromatic carbocycles. The summed E-state index contributed by atoms with van der Waals surface area (Å²) >= 11 is 0. The van der Waals surface area contributed by atoms with E-state index in [9.17, 15) is 19.2 Å². The van der Waals surface area contributed by atoms with Gasteiger partial charge in [0.1, 0.15) is 29.2 Å². The Morgan fingerprint density at radius 2 is 1.86 bits per heavy atom. The molecule has 17 heteroatoms. The van der Waals surface area contributed by atoms with E-state index in [1.807, 2.05) is 30.3 Å². The Hall–Kier alpha value is -6.38. The first-order chi connectivity index (χ1) is 31.7. The number of nitrogens with zero attached hydrogens (tertiary/aromatic N) is 7. The number of nitrogens with one attached hydrogen (secondary N) is 3. The molecule has 1 saturated heterocycles. The molecule has 2 atom stereocenters. The second kappa shape index (κ2) is 20.6. The minimum atomic E-state index is -0.653. The summed E-state index contributed by atoms with van der Waals surface area (Å²) in [6.45, 7) is 4.15. The lowest BCUT2D eigenvalue weighted by atomic mass is 9.91. The fraction of sp³-hybridized carbons (Fsp3) is 0.500. The first-order valence-corrected chi connectivity index (χ1v) is 22.9. The Morgan fingerprint density at radius 3 is 2.62 bits per heavy atom. The summed E-state index contributed by atoms with van der Waals surface area (Å²) in [7, 11) is 3.41. The Labute approximate surface area is 380 Å². The highest BCUT2D eigenvalue weighted by Gasteiger charge is 2.42. The zero-order valence-corrected chi connectivity index (χ0v) is 37.5. The maximum absolute atomic E-state index is 13.3. The number of ether oxygens (including phenoxy) is 2. The van der Waals surface area contributed by atoms with Crippen LogP contribution in [0.15, 0.2) is 52.7 Å². The number of rotatable bonds is 15. The Balaban J connectivity index is 0.771. The molecule has 8 rings (SSSR count). The monoisotopic (exact) mass is 885 g/mol. The number of carbonyl (C=O) groups excluding carboxylic acids is 4. The smallest absolute Gasteiger partial charge is 0.255 e. The highest BCUT2D eigenvalue weighted by molar-refractivity contribution is 6.38. The number of benzene rings is 2. The number of hydrazone groups is 1. The van der Waals surface area contributed by atoms with Crippen LogP contribution < -0.4 is 36.3 Å². The second-order valence-corrected chi connectivity index (χ2v) is 17.3. The highest BCUT2D eigenvalue weighted by atomic mass is 16.5. The van der Waals surface area contributed by atoms with E-state index in [1.165, 1.54) is 0 Å². The topological polar surface area (TPSA) is 209 Å². The van der Waals surface area contributed by atoms with E-state index >= 15 is 0 Å². The van der Waals surface area contributed by atoms with E-state index in [4.69, 9.17) is 25.3 Å². The number of hydrogen-bond acceptors (Lipinski definition) is 14. The molecule has 5 N–H and O–H groups in total. The average Bonchev–Trinajstić information content (AvgIpc) is 3.98. The van der Waals surface area contributed by atoms with E-state index in [-0.39, 0.29) is 42.3 Å². The van der Waals surface area contributed by atoms with Crippen molar-refractivity contribution in [2.24, 2.45) is 15.9 Å². The van der Waals surface area contributed by atoms with Crippen molar-refractivity contribution in [1.29, 1.82) is 0 Å². The van der Waals surface area contributed by atoms with Gasteiger partial charge in [-0.25, -0.2) is 4.98 Å². The van der Waals surface area contributed by atoms with Crippen LogP contribution in [0, 0.1) is 11.8 Å². The molecule has 2 aliphatic carbocycles. The molecule has 3 aromatic rings. The first-order valence-electron chi connectivity index (χ1n) is 22.9. The lowest BCUT2D eigenvalue weighted by Crippen LogP contribution is -2.55. The summed E-state index contributed by atoms with van der Waals surface area (Å²) in [5.41, 5.74) is 4.85. The van der Waals surface area contributed by atoms with Crippen molar-refractivity contribution >= 4 is 58.7 Å². The van der Waals surface area contributed by atoms with Gasteiger partial charge in [0.15, 0.2) is 5.82 Å². The molecule has 4 heterocycles. The van der Waals surface area contributed by atoms with Crippen molar-refractivity contribution in [3.8, 4) is 17.6 Å². The van der Waals surface area contributed by atoms with Gasteiger partial charge in [-0.3, -0.25) is 29.5 Å². The normalized spacial score (nSPS) is 22.5. The molecule has 3 aliphatic heterocycles. The number of nitrogens with two attached hydrogens (primary N) is 1. The molecule has 1 aromatic heterocycles. The number of likely N-dealkylation sites (N-methyl/N-ethyl adjacent to an activating group) is 1. The predicted octanol–water partition coefficient (Wildman–Crippen LogP) is 4.59. The van der Waals surface area contributed by atoms with Gasteiger partial charge in [0.2, 0.25) is 23.7 Å². The van der Waals surface area contributed by atoms with Crippen LogP contribution in [0.5, 0.6) is 5.75 Å². The minimum Gasteiger partial charge on any atom is -0.495 e. The van der Waals surface area contributed by atoms with Gasteiger partial charge in [0.25, 0.3) is 5.91 Å². The molecule has 1 unspecified atom stereocenters. The average molecular weight is 886 g/mol. The van der Waals surface area contributed by atoms with Gasteiger partial charge in [-0.05, 0) is 81.2 Å². The summed E-state index contributed by atoms with van der Waals surface area (Å²) in [5.74, 6) is 13.2. The van der Waals surface area contributed by atoms with Crippen LogP contribution in [0.3, 0.4) is 0 Å². The molecule has 4 amide bonds. The van der Waals surface area contributed by atoms with E-state index in [1.54, 1.807) is 42.4 Å². The number of imide groups is 1. The van der Waals surface area contributed by atoms with E-state index in [0.29, 0.717) is 79.4 Å². The predicted molar refractivity (Wildman–Crippen MR) is 249 cm³/mol. The number of piperidine rings is 1. The third-order valence-electron chi connectivity index (χ3n) is 13.3. The lowest BCUT2D eigenvalue weighted by Gasteiger charge is -2.43. The number of aliphatic imine (C=N–C) groups is 1. The molecular formula is C48H59N11O6. The van der Waals surface area contributed by atoms with Crippen molar-refractivity contribution in [3.63, 3.8) is 0 Å². The molecule has 342 valence electrons. The molecule has 0 bridgehead atoms. The summed E-state index contributed by atoms with van der Waals surface area (Å²) in [6.07, 6.45) is 13.5. The molecule has 0 spiro atoms. The van der Waals surface area contributed by atoms with E-state index in [2.05, 4.69) is 49.7 Å². The number of fused-ring (bicyclic) bond motifs is 2. The van der Waals surface area contributed by atoms with E-state index < -0.39 is 11.9 Å². The third kappa shape index (κ3) is 9.98. The number of amides is 4. The van der Waals surface area contributed by atoms with Crippen LogP contribution in [-0.2, 0) is 25.7 Å². The lowest BCUT2D eigenvalue weighted by molar-refractivity contribution is -0.137. The maximum atomic E-state index is 13.3. The fourth-order valence-corrected chi connectivity index (χ4v) is 9.73. The summed E-state index contributed by atoms with van der Waals surface area (Å²) in [6, 6.07) is 11.1. The largest absolute Gasteiger partial charge is 0.495 e. The number of hydrogen-bond donors (Lipinski definition) is 4. The molecule has 17 nitrogen and oxygen atoms in total. The van der Waals surface area contributed by atoms with Gasteiger partial charge in [-0.1, -0.05) is 43.7 Å². The van der Waals surface area contributed by atoms with Gasteiger partial charge in [-0.2, -0.15) is 10.1 Å². The Kier molecular flexibility index (Phi) is 14.3.